The molecule has 1 heterocycles. The molecular weight excluding hydrogens is 289 g/mol. The number of nitrogens with one attached hydrogen (secondary N) is 1. The lowest BCUT2D eigenvalue weighted by Gasteiger charge is -2.27. The number of halogens is 1. The third kappa shape index (κ3) is 3.82. The molecule has 1 fully saturated rings. The lowest BCUT2D eigenvalue weighted by molar-refractivity contribution is -0.143. The minimum Gasteiger partial charge on any atom is -0.479 e. The molecule has 1 aromatic rings. The lowest BCUT2D eigenvalue weighted by Crippen LogP contribution is -2.40. The standard InChI is InChI=1S/C16H20FNO4/c1-9-7-11(3-4-13(9)17)14(16(20)21)18-15(19)12-5-6-22-10(2)8-12/h3-4,7,10,12,14H,5-6,8H2,1-2H3,(H,18,19)(H,20,21). The highest BCUT2D eigenvalue weighted by molar-refractivity contribution is 5.86. The number of carboxylic acid groups (broad SMARTS) is 1. The Kier molecular flexibility index (Phi) is 5.13. The van der Waals surface area contributed by atoms with Crippen molar-refractivity contribution in [2.75, 3.05) is 6.61 Å². The normalized spacial score (nSPS) is 22.9. The van der Waals surface area contributed by atoms with Gasteiger partial charge in [-0.05, 0) is 43.9 Å². The molecule has 3 atom stereocenters. The van der Waals surface area contributed by atoms with E-state index in [1.807, 2.05) is 6.92 Å². The number of aryl methyl sites for hydroxylation is 1. The van der Waals surface area contributed by atoms with E-state index in [0.29, 0.717) is 30.6 Å². The zero-order chi connectivity index (χ0) is 16.3. The molecule has 120 valence electrons. The first-order chi connectivity index (χ1) is 10.4. The molecule has 1 saturated heterocycles. The summed E-state index contributed by atoms with van der Waals surface area (Å²) in [6.45, 7) is 3.93. The molecule has 2 N–H and O–H groups in total. The largest absolute Gasteiger partial charge is 0.479 e. The Bertz CT molecular complexity index is 575. The van der Waals surface area contributed by atoms with Crippen LogP contribution in [0.1, 0.15) is 36.9 Å². The molecule has 1 amide bonds. The molecule has 2 rings (SSSR count). The highest BCUT2D eigenvalue weighted by Gasteiger charge is 2.30. The van der Waals surface area contributed by atoms with Crippen LogP contribution < -0.4 is 5.32 Å². The van der Waals surface area contributed by atoms with Crippen LogP contribution in [-0.4, -0.2) is 29.7 Å². The molecule has 0 radical (unpaired) electrons. The maximum atomic E-state index is 13.3. The van der Waals surface area contributed by atoms with Gasteiger partial charge in [-0.15, -0.1) is 0 Å². The minimum atomic E-state index is -1.18. The van der Waals surface area contributed by atoms with E-state index in [0.717, 1.165) is 0 Å². The van der Waals surface area contributed by atoms with Gasteiger partial charge in [-0.1, -0.05) is 12.1 Å². The Morgan fingerprint density at radius 1 is 1.45 bits per heavy atom. The van der Waals surface area contributed by atoms with E-state index >= 15 is 0 Å². The summed E-state index contributed by atoms with van der Waals surface area (Å²) in [5.74, 6) is -2.13. The molecule has 1 aliphatic heterocycles. The molecule has 6 heteroatoms. The quantitative estimate of drug-likeness (QED) is 0.894. The first kappa shape index (κ1) is 16.4. The number of rotatable bonds is 4. The third-order valence-electron chi connectivity index (χ3n) is 3.90. The van der Waals surface area contributed by atoms with Gasteiger partial charge in [0.15, 0.2) is 6.04 Å². The first-order valence-electron chi connectivity index (χ1n) is 7.29. The van der Waals surface area contributed by atoms with Gasteiger partial charge in [-0.25, -0.2) is 9.18 Å². The van der Waals surface area contributed by atoms with E-state index in [4.69, 9.17) is 4.74 Å². The monoisotopic (exact) mass is 309 g/mol. The Labute approximate surface area is 128 Å². The maximum Gasteiger partial charge on any atom is 0.330 e. The molecule has 1 aliphatic rings. The second-order valence-electron chi connectivity index (χ2n) is 5.69. The highest BCUT2D eigenvalue weighted by atomic mass is 19.1. The van der Waals surface area contributed by atoms with Gasteiger partial charge in [-0.3, -0.25) is 4.79 Å². The van der Waals surface area contributed by atoms with Gasteiger partial charge in [0.1, 0.15) is 5.82 Å². The van der Waals surface area contributed by atoms with Gasteiger partial charge in [0.2, 0.25) is 5.91 Å². The summed E-state index contributed by atoms with van der Waals surface area (Å²) in [6, 6.07) is 2.86. The summed E-state index contributed by atoms with van der Waals surface area (Å²) in [5, 5.41) is 11.9. The molecule has 1 aromatic carbocycles. The molecule has 0 aromatic heterocycles. The number of hydrogen-bond donors (Lipinski definition) is 2. The molecule has 22 heavy (non-hydrogen) atoms. The van der Waals surface area contributed by atoms with Crippen molar-refractivity contribution in [2.24, 2.45) is 5.92 Å². The van der Waals surface area contributed by atoms with Crippen molar-refractivity contribution in [3.05, 3.63) is 35.1 Å². The third-order valence-corrected chi connectivity index (χ3v) is 3.90. The zero-order valence-electron chi connectivity index (χ0n) is 12.6. The predicted octanol–water partition coefficient (Wildman–Crippen LogP) is 2.19. The summed E-state index contributed by atoms with van der Waals surface area (Å²) < 4.78 is 18.7. The van der Waals surface area contributed by atoms with Crippen molar-refractivity contribution in [1.29, 1.82) is 0 Å². The van der Waals surface area contributed by atoms with Gasteiger partial charge in [0.05, 0.1) is 6.10 Å². The van der Waals surface area contributed by atoms with Crippen LogP contribution in [0.15, 0.2) is 18.2 Å². The molecule has 0 spiro atoms. The van der Waals surface area contributed by atoms with E-state index in [-0.39, 0.29) is 17.9 Å². The van der Waals surface area contributed by atoms with Gasteiger partial charge >= 0.3 is 5.97 Å². The summed E-state index contributed by atoms with van der Waals surface area (Å²) in [6.07, 6.45) is 1.13. The Hall–Kier alpha value is -1.95. The number of hydrogen-bond acceptors (Lipinski definition) is 3. The number of carboxylic acids is 1. The fourth-order valence-corrected chi connectivity index (χ4v) is 2.63. The van der Waals surface area contributed by atoms with Crippen LogP contribution in [0.2, 0.25) is 0 Å². The van der Waals surface area contributed by atoms with Gasteiger partial charge in [0.25, 0.3) is 0 Å². The fourth-order valence-electron chi connectivity index (χ4n) is 2.63. The number of carbonyl (C=O) groups excluding carboxylic acids is 1. The molecule has 0 aliphatic carbocycles. The second kappa shape index (κ2) is 6.87. The van der Waals surface area contributed by atoms with Crippen molar-refractivity contribution >= 4 is 11.9 Å². The highest BCUT2D eigenvalue weighted by Crippen LogP contribution is 2.22. The van der Waals surface area contributed by atoms with Crippen LogP contribution in [0, 0.1) is 18.7 Å². The lowest BCUT2D eigenvalue weighted by atomic mass is 9.94. The predicted molar refractivity (Wildman–Crippen MR) is 77.8 cm³/mol. The van der Waals surface area contributed by atoms with Crippen molar-refractivity contribution in [2.45, 2.75) is 38.8 Å². The van der Waals surface area contributed by atoms with E-state index in [1.54, 1.807) is 6.92 Å². The molecule has 0 saturated carbocycles. The van der Waals surface area contributed by atoms with Gasteiger partial charge in [-0.2, -0.15) is 0 Å². The molecule has 3 unspecified atom stereocenters. The van der Waals surface area contributed by atoms with Crippen molar-refractivity contribution < 1.29 is 23.8 Å². The van der Waals surface area contributed by atoms with Crippen molar-refractivity contribution in [1.82, 2.24) is 5.32 Å². The zero-order valence-corrected chi connectivity index (χ0v) is 12.6. The van der Waals surface area contributed by atoms with Crippen LogP contribution in [0.4, 0.5) is 4.39 Å². The smallest absolute Gasteiger partial charge is 0.330 e. The van der Waals surface area contributed by atoms with Crippen molar-refractivity contribution in [3.8, 4) is 0 Å². The van der Waals surface area contributed by atoms with Crippen LogP contribution >= 0.6 is 0 Å². The molecular formula is C16H20FNO4. The summed E-state index contributed by atoms with van der Waals surface area (Å²) in [7, 11) is 0. The first-order valence-corrected chi connectivity index (χ1v) is 7.29. The average molecular weight is 309 g/mol. The van der Waals surface area contributed by atoms with E-state index < -0.39 is 17.8 Å². The number of amides is 1. The van der Waals surface area contributed by atoms with E-state index in [9.17, 15) is 19.1 Å². The van der Waals surface area contributed by atoms with Crippen LogP contribution in [0.25, 0.3) is 0 Å². The summed E-state index contributed by atoms with van der Waals surface area (Å²) in [4.78, 5) is 23.7. The Balaban J connectivity index is 2.13. The van der Waals surface area contributed by atoms with Gasteiger partial charge in [0, 0.05) is 12.5 Å². The van der Waals surface area contributed by atoms with Crippen LogP contribution in [0.3, 0.4) is 0 Å². The molecule has 5 nitrogen and oxygen atoms in total. The minimum absolute atomic E-state index is 0.0131. The summed E-state index contributed by atoms with van der Waals surface area (Å²) >= 11 is 0. The summed E-state index contributed by atoms with van der Waals surface area (Å²) in [5.41, 5.74) is 0.706. The number of benzene rings is 1. The van der Waals surface area contributed by atoms with E-state index in [2.05, 4.69) is 5.32 Å². The Morgan fingerprint density at radius 3 is 2.77 bits per heavy atom. The van der Waals surface area contributed by atoms with Crippen molar-refractivity contribution in [3.63, 3.8) is 0 Å². The maximum absolute atomic E-state index is 13.3. The van der Waals surface area contributed by atoms with E-state index in [1.165, 1.54) is 18.2 Å². The van der Waals surface area contributed by atoms with Gasteiger partial charge < -0.3 is 15.2 Å². The molecule has 0 bridgehead atoms. The second-order valence-corrected chi connectivity index (χ2v) is 5.69. The van der Waals surface area contributed by atoms with Crippen LogP contribution in [0.5, 0.6) is 0 Å². The topological polar surface area (TPSA) is 75.6 Å². The van der Waals surface area contributed by atoms with Crippen LogP contribution in [-0.2, 0) is 14.3 Å². The fraction of sp³-hybridized carbons (Fsp3) is 0.500. The average Bonchev–Trinajstić information content (AvgIpc) is 2.47. The number of carbonyl (C=O) groups is 2. The number of aliphatic carboxylic acids is 1. The SMILES string of the molecule is Cc1cc(C(NC(=O)C2CCOC(C)C2)C(=O)O)ccc1F. The number of ether oxygens (including phenoxy) is 1. The Morgan fingerprint density at radius 2 is 2.18 bits per heavy atom.